The average molecular weight is 254 g/mol. The predicted molar refractivity (Wildman–Crippen MR) is 46.6 cm³/mol. The standard InChI is InChI=1S/C8H9F3N2O4/c9-8(10,11)7(16)17-6(15)4-13-2-1-12-3-5(13)14/h12H,1-4H2. The van der Waals surface area contributed by atoms with Crippen LogP contribution in [-0.4, -0.2) is 55.1 Å². The maximum atomic E-state index is 11.7. The van der Waals surface area contributed by atoms with Crippen molar-refractivity contribution < 1.29 is 32.3 Å². The molecule has 1 fully saturated rings. The van der Waals surface area contributed by atoms with Gasteiger partial charge >= 0.3 is 18.1 Å². The number of rotatable bonds is 2. The van der Waals surface area contributed by atoms with Crippen LogP contribution >= 0.6 is 0 Å². The second kappa shape index (κ2) is 5.13. The molecule has 0 aliphatic carbocycles. The van der Waals surface area contributed by atoms with Gasteiger partial charge in [-0.25, -0.2) is 9.59 Å². The number of hydrogen-bond donors (Lipinski definition) is 1. The third-order valence-electron chi connectivity index (χ3n) is 1.95. The van der Waals surface area contributed by atoms with Gasteiger partial charge in [-0.1, -0.05) is 0 Å². The van der Waals surface area contributed by atoms with Crippen LogP contribution in [-0.2, 0) is 19.1 Å². The molecular weight excluding hydrogens is 245 g/mol. The van der Waals surface area contributed by atoms with Gasteiger partial charge in [0.05, 0.1) is 6.54 Å². The minimum atomic E-state index is -5.22. The highest BCUT2D eigenvalue weighted by molar-refractivity contribution is 5.91. The van der Waals surface area contributed by atoms with Crippen molar-refractivity contribution in [2.45, 2.75) is 6.18 Å². The lowest BCUT2D eigenvalue weighted by atomic mass is 10.3. The number of hydrogen-bond acceptors (Lipinski definition) is 5. The van der Waals surface area contributed by atoms with Crippen LogP contribution in [0, 0.1) is 0 Å². The van der Waals surface area contributed by atoms with E-state index < -0.39 is 30.6 Å². The zero-order valence-electron chi connectivity index (χ0n) is 8.54. The normalized spacial score (nSPS) is 16.9. The minimum absolute atomic E-state index is 0.000493. The Labute approximate surface area is 93.7 Å². The highest BCUT2D eigenvalue weighted by atomic mass is 19.4. The fraction of sp³-hybridized carbons (Fsp3) is 0.625. The molecule has 1 amide bonds. The minimum Gasteiger partial charge on any atom is -0.385 e. The Bertz CT molecular complexity index is 342. The molecule has 1 aliphatic heterocycles. The molecule has 0 aromatic rings. The maximum Gasteiger partial charge on any atom is 0.491 e. The summed E-state index contributed by atoms with van der Waals surface area (Å²) in [5.74, 6) is -4.42. The van der Waals surface area contributed by atoms with Gasteiger partial charge in [0.15, 0.2) is 0 Å². The zero-order chi connectivity index (χ0) is 13.1. The summed E-state index contributed by atoms with van der Waals surface area (Å²) in [6.07, 6.45) is -5.22. The number of amides is 1. The fourth-order valence-electron chi connectivity index (χ4n) is 1.16. The number of esters is 2. The lowest BCUT2D eigenvalue weighted by molar-refractivity contribution is -0.202. The van der Waals surface area contributed by atoms with E-state index in [1.165, 1.54) is 0 Å². The number of halogens is 3. The summed E-state index contributed by atoms with van der Waals surface area (Å²) in [6.45, 7) is -0.0663. The molecule has 0 spiro atoms. The summed E-state index contributed by atoms with van der Waals surface area (Å²) >= 11 is 0. The van der Waals surface area contributed by atoms with E-state index >= 15 is 0 Å². The van der Waals surface area contributed by atoms with Crippen LogP contribution in [0.3, 0.4) is 0 Å². The zero-order valence-corrected chi connectivity index (χ0v) is 8.54. The summed E-state index contributed by atoms with van der Waals surface area (Å²) in [6, 6.07) is 0. The van der Waals surface area contributed by atoms with Gasteiger partial charge in [0.2, 0.25) is 5.91 Å². The first kappa shape index (κ1) is 13.4. The number of piperazine rings is 1. The molecule has 9 heteroatoms. The van der Waals surface area contributed by atoms with Crippen molar-refractivity contribution in [3.05, 3.63) is 0 Å². The van der Waals surface area contributed by atoms with E-state index in [2.05, 4.69) is 10.1 Å². The number of alkyl halides is 3. The molecule has 0 bridgehead atoms. The summed E-state index contributed by atoms with van der Waals surface area (Å²) < 4.78 is 38.8. The van der Waals surface area contributed by atoms with Crippen LogP contribution in [0.5, 0.6) is 0 Å². The van der Waals surface area contributed by atoms with Gasteiger partial charge in [-0.05, 0) is 0 Å². The fourth-order valence-corrected chi connectivity index (χ4v) is 1.16. The Balaban J connectivity index is 2.44. The van der Waals surface area contributed by atoms with Gasteiger partial charge in [0.1, 0.15) is 6.54 Å². The third-order valence-corrected chi connectivity index (χ3v) is 1.95. The molecule has 0 radical (unpaired) electrons. The number of carbonyl (C=O) groups is 3. The van der Waals surface area contributed by atoms with E-state index in [0.29, 0.717) is 6.54 Å². The lowest BCUT2D eigenvalue weighted by Gasteiger charge is -2.26. The monoisotopic (exact) mass is 254 g/mol. The molecule has 1 rings (SSSR count). The predicted octanol–water partition coefficient (Wildman–Crippen LogP) is -0.950. The van der Waals surface area contributed by atoms with E-state index in [1.54, 1.807) is 0 Å². The van der Waals surface area contributed by atoms with Crippen molar-refractivity contribution in [3.8, 4) is 0 Å². The van der Waals surface area contributed by atoms with Gasteiger partial charge in [0.25, 0.3) is 0 Å². The summed E-state index contributed by atoms with van der Waals surface area (Å²) in [5, 5.41) is 2.71. The van der Waals surface area contributed by atoms with Crippen LogP contribution in [0.1, 0.15) is 0 Å². The van der Waals surface area contributed by atoms with Crippen LogP contribution in [0.25, 0.3) is 0 Å². The largest absolute Gasteiger partial charge is 0.491 e. The SMILES string of the molecule is O=C(CN1CCNCC1=O)OC(=O)C(F)(F)F. The number of ether oxygens (including phenoxy) is 1. The summed E-state index contributed by atoms with van der Waals surface area (Å²) in [7, 11) is 0. The molecule has 1 saturated heterocycles. The van der Waals surface area contributed by atoms with Crippen molar-refractivity contribution in [2.75, 3.05) is 26.2 Å². The van der Waals surface area contributed by atoms with E-state index in [-0.39, 0.29) is 13.1 Å². The molecule has 0 aromatic heterocycles. The smallest absolute Gasteiger partial charge is 0.385 e. The number of nitrogens with zero attached hydrogens (tertiary/aromatic N) is 1. The van der Waals surface area contributed by atoms with Crippen molar-refractivity contribution >= 4 is 17.8 Å². The third kappa shape index (κ3) is 4.02. The first-order valence-corrected chi connectivity index (χ1v) is 4.61. The molecule has 0 saturated carbocycles. The van der Waals surface area contributed by atoms with E-state index in [0.717, 1.165) is 4.90 Å². The van der Waals surface area contributed by atoms with Crippen molar-refractivity contribution in [2.24, 2.45) is 0 Å². The average Bonchev–Trinajstić information content (AvgIpc) is 2.20. The second-order valence-corrected chi connectivity index (χ2v) is 3.25. The van der Waals surface area contributed by atoms with Crippen LogP contribution in [0.4, 0.5) is 13.2 Å². The Hall–Kier alpha value is -1.64. The Kier molecular flexibility index (Phi) is 4.05. The molecule has 0 aromatic carbocycles. The first-order chi connectivity index (χ1) is 7.80. The van der Waals surface area contributed by atoms with Crippen molar-refractivity contribution in [1.29, 1.82) is 0 Å². The van der Waals surface area contributed by atoms with Gasteiger partial charge in [0, 0.05) is 13.1 Å². The molecule has 0 atom stereocenters. The first-order valence-electron chi connectivity index (χ1n) is 4.61. The molecule has 0 unspecified atom stereocenters. The van der Waals surface area contributed by atoms with Crippen LogP contribution < -0.4 is 5.32 Å². The lowest BCUT2D eigenvalue weighted by Crippen LogP contribution is -2.50. The van der Waals surface area contributed by atoms with Gasteiger partial charge < -0.3 is 15.0 Å². The van der Waals surface area contributed by atoms with Gasteiger partial charge in [-0.3, -0.25) is 4.79 Å². The molecule has 17 heavy (non-hydrogen) atoms. The Morgan fingerprint density at radius 3 is 2.59 bits per heavy atom. The number of carbonyl (C=O) groups excluding carboxylic acids is 3. The van der Waals surface area contributed by atoms with E-state index in [9.17, 15) is 27.6 Å². The topological polar surface area (TPSA) is 75.7 Å². The van der Waals surface area contributed by atoms with Gasteiger partial charge in [-0.15, -0.1) is 0 Å². The van der Waals surface area contributed by atoms with Crippen LogP contribution in [0.2, 0.25) is 0 Å². The summed E-state index contributed by atoms with van der Waals surface area (Å²) in [5.41, 5.74) is 0. The quantitative estimate of drug-likeness (QED) is 0.508. The molecule has 6 nitrogen and oxygen atoms in total. The number of nitrogens with one attached hydrogen (secondary N) is 1. The van der Waals surface area contributed by atoms with E-state index in [4.69, 9.17) is 0 Å². The molecule has 1 heterocycles. The molecular formula is C8H9F3N2O4. The van der Waals surface area contributed by atoms with Crippen molar-refractivity contribution in [3.63, 3.8) is 0 Å². The summed E-state index contributed by atoms with van der Waals surface area (Å²) in [4.78, 5) is 33.4. The second-order valence-electron chi connectivity index (χ2n) is 3.25. The molecule has 1 aliphatic rings. The maximum absolute atomic E-state index is 11.7. The molecule has 1 N–H and O–H groups in total. The van der Waals surface area contributed by atoms with Gasteiger partial charge in [-0.2, -0.15) is 13.2 Å². The highest BCUT2D eigenvalue weighted by Crippen LogP contribution is 2.16. The Morgan fingerprint density at radius 2 is 2.06 bits per heavy atom. The van der Waals surface area contributed by atoms with E-state index in [1.807, 2.05) is 0 Å². The Morgan fingerprint density at radius 1 is 1.41 bits per heavy atom. The van der Waals surface area contributed by atoms with Crippen molar-refractivity contribution in [1.82, 2.24) is 10.2 Å². The molecule has 96 valence electrons. The highest BCUT2D eigenvalue weighted by Gasteiger charge is 2.42. The van der Waals surface area contributed by atoms with Crippen LogP contribution in [0.15, 0.2) is 0 Å².